The summed E-state index contributed by atoms with van der Waals surface area (Å²) in [6, 6.07) is 0. The Kier molecular flexibility index (Phi) is 17.7. The van der Waals surface area contributed by atoms with E-state index in [0.29, 0.717) is 19.4 Å². The van der Waals surface area contributed by atoms with E-state index in [4.69, 9.17) is 4.74 Å². The maximum Gasteiger partial charge on any atom is 0.309 e. The Balaban J connectivity index is 1.82. The zero-order chi connectivity index (χ0) is 22.6. The van der Waals surface area contributed by atoms with E-state index in [0.717, 1.165) is 25.7 Å². The molecule has 0 aromatic rings. The Bertz CT molecular complexity index is 449. The van der Waals surface area contributed by atoms with Gasteiger partial charge in [0.25, 0.3) is 0 Å². The topological polar surface area (TPSA) is 63.6 Å². The predicted octanol–water partition coefficient (Wildman–Crippen LogP) is 8.07. The van der Waals surface area contributed by atoms with Gasteiger partial charge in [0, 0.05) is 0 Å². The van der Waals surface area contributed by atoms with Crippen LogP contribution in [-0.4, -0.2) is 23.7 Å². The Morgan fingerprint density at radius 2 is 1.03 bits per heavy atom. The van der Waals surface area contributed by atoms with Crippen molar-refractivity contribution in [2.24, 2.45) is 11.8 Å². The molecule has 0 aliphatic heterocycles. The van der Waals surface area contributed by atoms with Gasteiger partial charge in [0.05, 0.1) is 18.4 Å². The predicted molar refractivity (Wildman–Crippen MR) is 128 cm³/mol. The lowest BCUT2D eigenvalue weighted by molar-refractivity contribution is -0.159. The number of esters is 1. The molecule has 1 aliphatic carbocycles. The molecule has 1 N–H and O–H groups in total. The van der Waals surface area contributed by atoms with Crippen LogP contribution >= 0.6 is 0 Å². The standard InChI is InChI=1S/C27H50O4/c1-2-3-4-5-6-7-8-9-10-11-12-13-14-15-16-17-20-23-31-27(30)25-22-19-18-21-24(25)26(28)29/h24-25H,2-23H2,1H3,(H,28,29). The third-order valence-corrected chi connectivity index (χ3v) is 6.88. The molecule has 31 heavy (non-hydrogen) atoms. The first-order chi connectivity index (χ1) is 15.2. The van der Waals surface area contributed by atoms with Crippen LogP contribution < -0.4 is 0 Å². The second-order valence-electron chi connectivity index (χ2n) is 9.66. The highest BCUT2D eigenvalue weighted by molar-refractivity contribution is 5.81. The lowest BCUT2D eigenvalue weighted by Crippen LogP contribution is -2.33. The normalized spacial score (nSPS) is 18.7. The Morgan fingerprint density at radius 1 is 0.645 bits per heavy atom. The summed E-state index contributed by atoms with van der Waals surface area (Å²) in [7, 11) is 0. The van der Waals surface area contributed by atoms with Crippen molar-refractivity contribution in [1.82, 2.24) is 0 Å². The lowest BCUT2D eigenvalue weighted by Gasteiger charge is -2.26. The molecule has 4 heteroatoms. The summed E-state index contributed by atoms with van der Waals surface area (Å²) in [4.78, 5) is 23.5. The number of carbonyl (C=O) groups is 2. The van der Waals surface area contributed by atoms with Crippen LogP contribution in [0.3, 0.4) is 0 Å². The van der Waals surface area contributed by atoms with Gasteiger partial charge in [-0.3, -0.25) is 9.59 Å². The van der Waals surface area contributed by atoms with Crippen LogP contribution in [0.1, 0.15) is 142 Å². The largest absolute Gasteiger partial charge is 0.481 e. The van der Waals surface area contributed by atoms with Crippen LogP contribution in [0.15, 0.2) is 0 Å². The summed E-state index contributed by atoms with van der Waals surface area (Å²) in [5.74, 6) is -2.11. The third kappa shape index (κ3) is 14.6. The number of rotatable bonds is 20. The van der Waals surface area contributed by atoms with E-state index in [1.807, 2.05) is 0 Å². The van der Waals surface area contributed by atoms with Gasteiger partial charge in [0.2, 0.25) is 0 Å². The molecule has 2 unspecified atom stereocenters. The average molecular weight is 439 g/mol. The van der Waals surface area contributed by atoms with Crippen molar-refractivity contribution in [3.05, 3.63) is 0 Å². The zero-order valence-electron chi connectivity index (χ0n) is 20.4. The molecule has 0 bridgehead atoms. The monoisotopic (exact) mass is 438 g/mol. The van der Waals surface area contributed by atoms with Crippen molar-refractivity contribution in [1.29, 1.82) is 0 Å². The summed E-state index contributed by atoms with van der Waals surface area (Å²) < 4.78 is 5.38. The van der Waals surface area contributed by atoms with Crippen LogP contribution in [0.25, 0.3) is 0 Å². The van der Waals surface area contributed by atoms with Gasteiger partial charge < -0.3 is 9.84 Å². The van der Waals surface area contributed by atoms with Crippen LogP contribution in [0.2, 0.25) is 0 Å². The van der Waals surface area contributed by atoms with Crippen molar-refractivity contribution in [2.45, 2.75) is 142 Å². The van der Waals surface area contributed by atoms with Gasteiger partial charge in [-0.15, -0.1) is 0 Å². The number of carboxylic acids is 1. The Morgan fingerprint density at radius 3 is 1.45 bits per heavy atom. The van der Waals surface area contributed by atoms with Crippen molar-refractivity contribution in [2.75, 3.05) is 6.61 Å². The summed E-state index contributed by atoms with van der Waals surface area (Å²) in [6.07, 6.45) is 25.7. The fourth-order valence-electron chi connectivity index (χ4n) is 4.82. The highest BCUT2D eigenvalue weighted by atomic mass is 16.5. The molecule has 182 valence electrons. The van der Waals surface area contributed by atoms with E-state index >= 15 is 0 Å². The number of hydrogen-bond acceptors (Lipinski definition) is 3. The number of aliphatic carboxylic acids is 1. The van der Waals surface area contributed by atoms with Gasteiger partial charge >= 0.3 is 11.9 Å². The van der Waals surface area contributed by atoms with E-state index in [1.54, 1.807) is 0 Å². The summed E-state index contributed by atoms with van der Waals surface area (Å²) in [5, 5.41) is 9.28. The maximum absolute atomic E-state index is 12.2. The number of ether oxygens (including phenoxy) is 1. The van der Waals surface area contributed by atoms with Gasteiger partial charge in [-0.05, 0) is 19.3 Å². The molecule has 4 nitrogen and oxygen atoms in total. The molecule has 0 radical (unpaired) electrons. The van der Waals surface area contributed by atoms with Crippen LogP contribution in [0.5, 0.6) is 0 Å². The van der Waals surface area contributed by atoms with Crippen molar-refractivity contribution >= 4 is 11.9 Å². The van der Waals surface area contributed by atoms with Gasteiger partial charge in [-0.25, -0.2) is 0 Å². The molecule has 0 saturated heterocycles. The molecule has 2 atom stereocenters. The van der Waals surface area contributed by atoms with Crippen molar-refractivity contribution in [3.8, 4) is 0 Å². The second-order valence-corrected chi connectivity index (χ2v) is 9.66. The molecule has 0 spiro atoms. The number of carbonyl (C=O) groups excluding carboxylic acids is 1. The van der Waals surface area contributed by atoms with Gasteiger partial charge in [0.15, 0.2) is 0 Å². The van der Waals surface area contributed by atoms with E-state index < -0.39 is 17.8 Å². The number of unbranched alkanes of at least 4 members (excludes halogenated alkanes) is 16. The quantitative estimate of drug-likeness (QED) is 0.154. The van der Waals surface area contributed by atoms with Crippen LogP contribution in [0, 0.1) is 11.8 Å². The minimum absolute atomic E-state index is 0.288. The van der Waals surface area contributed by atoms with E-state index in [2.05, 4.69) is 6.92 Å². The highest BCUT2D eigenvalue weighted by Gasteiger charge is 2.36. The lowest BCUT2D eigenvalue weighted by atomic mass is 9.79. The highest BCUT2D eigenvalue weighted by Crippen LogP contribution is 2.31. The minimum Gasteiger partial charge on any atom is -0.481 e. The molecule has 0 aromatic heterocycles. The Labute approximate surface area is 191 Å². The fourth-order valence-corrected chi connectivity index (χ4v) is 4.82. The molecule has 1 aliphatic rings. The Hall–Kier alpha value is -1.06. The molecular formula is C27H50O4. The third-order valence-electron chi connectivity index (χ3n) is 6.88. The second kappa shape index (κ2) is 19.6. The van der Waals surface area contributed by atoms with Crippen LogP contribution in [-0.2, 0) is 14.3 Å². The SMILES string of the molecule is CCCCCCCCCCCCCCCCCCCOC(=O)C1CCCCC1C(=O)O. The number of hydrogen-bond donors (Lipinski definition) is 1. The molecular weight excluding hydrogens is 388 g/mol. The first-order valence-corrected chi connectivity index (χ1v) is 13.6. The maximum atomic E-state index is 12.2. The molecule has 1 fully saturated rings. The first-order valence-electron chi connectivity index (χ1n) is 13.6. The average Bonchev–Trinajstić information content (AvgIpc) is 2.78. The van der Waals surface area contributed by atoms with Gasteiger partial charge in [-0.1, -0.05) is 122 Å². The van der Waals surface area contributed by atoms with Crippen LogP contribution in [0.4, 0.5) is 0 Å². The fraction of sp³-hybridized carbons (Fsp3) is 0.926. The molecule has 1 rings (SSSR count). The van der Waals surface area contributed by atoms with Gasteiger partial charge in [0.1, 0.15) is 0 Å². The summed E-state index contributed by atoms with van der Waals surface area (Å²) in [6.45, 7) is 2.72. The molecule has 0 amide bonds. The number of carboxylic acid groups (broad SMARTS) is 1. The van der Waals surface area contributed by atoms with E-state index in [9.17, 15) is 14.7 Å². The zero-order valence-corrected chi connectivity index (χ0v) is 20.4. The van der Waals surface area contributed by atoms with Crippen molar-refractivity contribution in [3.63, 3.8) is 0 Å². The summed E-state index contributed by atoms with van der Waals surface area (Å²) >= 11 is 0. The smallest absolute Gasteiger partial charge is 0.309 e. The molecule has 0 heterocycles. The van der Waals surface area contributed by atoms with Crippen molar-refractivity contribution < 1.29 is 19.4 Å². The van der Waals surface area contributed by atoms with Gasteiger partial charge in [-0.2, -0.15) is 0 Å². The summed E-state index contributed by atoms with van der Waals surface area (Å²) in [5.41, 5.74) is 0. The molecule has 1 saturated carbocycles. The first kappa shape index (κ1) is 28.0. The van der Waals surface area contributed by atoms with E-state index in [-0.39, 0.29) is 5.97 Å². The van der Waals surface area contributed by atoms with E-state index in [1.165, 1.54) is 96.3 Å². The molecule has 0 aromatic carbocycles. The minimum atomic E-state index is -0.848.